The fourth-order valence-electron chi connectivity index (χ4n) is 3.35. The monoisotopic (exact) mass is 519 g/mol. The van der Waals surface area contributed by atoms with Crippen LogP contribution in [0.15, 0.2) is 16.3 Å². The van der Waals surface area contributed by atoms with E-state index in [0.29, 0.717) is 34.3 Å². The SMILES string of the molecule is COC(=O)NC(=O)c1c(NC(=O)C2CCCN(S(=O)(=O)c3ccc(Cl)s3)C2)sc(C)c1C. The fourth-order valence-corrected chi connectivity index (χ4v) is 7.57. The average Bonchev–Trinajstić information content (AvgIpc) is 3.31. The Morgan fingerprint density at radius 2 is 1.94 bits per heavy atom. The van der Waals surface area contributed by atoms with Gasteiger partial charge in [-0.1, -0.05) is 11.6 Å². The van der Waals surface area contributed by atoms with E-state index in [1.165, 1.54) is 27.8 Å². The summed E-state index contributed by atoms with van der Waals surface area (Å²) in [7, 11) is -2.60. The van der Waals surface area contributed by atoms with Gasteiger partial charge in [-0.2, -0.15) is 4.31 Å². The van der Waals surface area contributed by atoms with Gasteiger partial charge in [0, 0.05) is 18.0 Å². The number of carbonyl (C=O) groups is 3. The number of ether oxygens (including phenoxy) is 1. The van der Waals surface area contributed by atoms with Crippen LogP contribution < -0.4 is 10.6 Å². The van der Waals surface area contributed by atoms with Gasteiger partial charge in [0.05, 0.1) is 22.9 Å². The predicted molar refractivity (Wildman–Crippen MR) is 123 cm³/mol. The predicted octanol–water partition coefficient (Wildman–Crippen LogP) is 3.62. The quantitative estimate of drug-likeness (QED) is 0.622. The second-order valence-electron chi connectivity index (χ2n) is 7.18. The standard InChI is InChI=1S/C19H22ClN3O6S3/c1-10-11(2)30-18(15(10)17(25)22-19(26)29-3)21-16(24)12-5-4-8-23(9-12)32(27,28)14-7-6-13(20)31-14/h6-7,12H,4-5,8-9H2,1-3H3,(H,21,24)(H,22,25,26). The fraction of sp³-hybridized carbons (Fsp3) is 0.421. The van der Waals surface area contributed by atoms with Crippen LogP contribution in [-0.2, 0) is 19.6 Å². The number of rotatable bonds is 5. The lowest BCUT2D eigenvalue weighted by Crippen LogP contribution is -2.43. The van der Waals surface area contributed by atoms with Crippen molar-refractivity contribution in [2.75, 3.05) is 25.5 Å². The van der Waals surface area contributed by atoms with Crippen LogP contribution in [-0.4, -0.2) is 50.8 Å². The van der Waals surface area contributed by atoms with Crippen molar-refractivity contribution in [2.45, 2.75) is 30.9 Å². The molecule has 32 heavy (non-hydrogen) atoms. The Hall–Kier alpha value is -1.99. The number of aryl methyl sites for hydroxylation is 1. The van der Waals surface area contributed by atoms with Crippen LogP contribution in [0.4, 0.5) is 9.80 Å². The number of halogens is 1. The molecule has 1 unspecified atom stereocenters. The van der Waals surface area contributed by atoms with E-state index in [-0.39, 0.29) is 22.2 Å². The van der Waals surface area contributed by atoms with Gasteiger partial charge in [-0.15, -0.1) is 22.7 Å². The molecule has 1 aliphatic rings. The first kappa shape index (κ1) is 24.6. The summed E-state index contributed by atoms with van der Waals surface area (Å²) in [6.07, 6.45) is 0.127. The summed E-state index contributed by atoms with van der Waals surface area (Å²) in [5.41, 5.74) is 0.814. The molecule has 3 rings (SSSR count). The molecule has 174 valence electrons. The average molecular weight is 520 g/mol. The third-order valence-corrected chi connectivity index (χ3v) is 9.83. The van der Waals surface area contributed by atoms with E-state index in [4.69, 9.17) is 11.6 Å². The van der Waals surface area contributed by atoms with Crippen molar-refractivity contribution in [3.05, 3.63) is 32.5 Å². The number of amides is 3. The number of nitrogens with one attached hydrogen (secondary N) is 2. The van der Waals surface area contributed by atoms with Gasteiger partial charge in [-0.05, 0) is 44.4 Å². The Morgan fingerprint density at radius 1 is 1.22 bits per heavy atom. The molecule has 2 aromatic rings. The highest BCUT2D eigenvalue weighted by atomic mass is 35.5. The number of methoxy groups -OCH3 is 1. The molecule has 13 heteroatoms. The first-order chi connectivity index (χ1) is 15.0. The van der Waals surface area contributed by atoms with E-state index in [2.05, 4.69) is 15.4 Å². The second-order valence-corrected chi connectivity index (χ2v) is 12.3. The van der Waals surface area contributed by atoms with E-state index in [1.54, 1.807) is 13.8 Å². The van der Waals surface area contributed by atoms with Crippen LogP contribution in [0.25, 0.3) is 0 Å². The van der Waals surface area contributed by atoms with E-state index in [9.17, 15) is 22.8 Å². The Bertz CT molecular complexity index is 1160. The largest absolute Gasteiger partial charge is 0.453 e. The summed E-state index contributed by atoms with van der Waals surface area (Å²) in [5.74, 6) is -1.66. The molecule has 1 fully saturated rings. The molecule has 3 heterocycles. The molecule has 0 aliphatic carbocycles. The summed E-state index contributed by atoms with van der Waals surface area (Å²) in [4.78, 5) is 37.7. The summed E-state index contributed by atoms with van der Waals surface area (Å²) in [5, 5.41) is 5.16. The molecule has 1 aliphatic heterocycles. The molecule has 0 bridgehead atoms. The van der Waals surface area contributed by atoms with Gasteiger partial charge in [0.2, 0.25) is 5.91 Å². The lowest BCUT2D eigenvalue weighted by molar-refractivity contribution is -0.120. The van der Waals surface area contributed by atoms with E-state index < -0.39 is 27.9 Å². The summed E-state index contributed by atoms with van der Waals surface area (Å²) in [6, 6.07) is 2.98. The van der Waals surface area contributed by atoms with Gasteiger partial charge in [-0.25, -0.2) is 13.2 Å². The van der Waals surface area contributed by atoms with E-state index in [1.807, 2.05) is 0 Å². The van der Waals surface area contributed by atoms with Crippen molar-refractivity contribution in [3.8, 4) is 0 Å². The number of imide groups is 1. The minimum absolute atomic E-state index is 0.0245. The van der Waals surface area contributed by atoms with Crippen LogP contribution in [0.1, 0.15) is 33.6 Å². The van der Waals surface area contributed by atoms with Crippen LogP contribution in [0, 0.1) is 19.8 Å². The maximum atomic E-state index is 13.0. The second kappa shape index (κ2) is 9.87. The van der Waals surface area contributed by atoms with Gasteiger partial charge in [0.1, 0.15) is 9.21 Å². The highest BCUT2D eigenvalue weighted by Gasteiger charge is 2.35. The van der Waals surface area contributed by atoms with Gasteiger partial charge in [-0.3, -0.25) is 14.9 Å². The third-order valence-electron chi connectivity index (χ3n) is 5.15. The smallest absolute Gasteiger partial charge is 0.413 e. The Morgan fingerprint density at radius 3 is 2.56 bits per heavy atom. The molecule has 1 atom stereocenters. The zero-order chi connectivity index (χ0) is 23.6. The van der Waals surface area contributed by atoms with Crippen molar-refractivity contribution < 1.29 is 27.5 Å². The topological polar surface area (TPSA) is 122 Å². The van der Waals surface area contributed by atoms with E-state index in [0.717, 1.165) is 23.3 Å². The van der Waals surface area contributed by atoms with Gasteiger partial charge in [0.15, 0.2) is 0 Å². The molecule has 0 spiro atoms. The maximum Gasteiger partial charge on any atom is 0.413 e. The number of nitrogens with zero attached hydrogens (tertiary/aromatic N) is 1. The highest BCUT2D eigenvalue weighted by Crippen LogP contribution is 2.34. The number of carbonyl (C=O) groups excluding carboxylic acids is 3. The molecule has 9 nitrogen and oxygen atoms in total. The zero-order valence-corrected chi connectivity index (χ0v) is 20.8. The molecular formula is C19H22ClN3O6S3. The Labute approximate surface area is 198 Å². The molecule has 0 radical (unpaired) electrons. The lowest BCUT2D eigenvalue weighted by atomic mass is 9.99. The molecule has 0 saturated carbocycles. The van der Waals surface area contributed by atoms with Crippen molar-refractivity contribution >= 4 is 67.2 Å². The first-order valence-electron chi connectivity index (χ1n) is 9.60. The maximum absolute atomic E-state index is 13.0. The van der Waals surface area contributed by atoms with Crippen molar-refractivity contribution in [3.63, 3.8) is 0 Å². The Balaban J connectivity index is 1.77. The molecule has 0 aromatic carbocycles. The highest BCUT2D eigenvalue weighted by molar-refractivity contribution is 7.91. The normalized spacial score (nSPS) is 17.1. The number of hydrogen-bond acceptors (Lipinski definition) is 8. The van der Waals surface area contributed by atoms with Crippen LogP contribution in [0.5, 0.6) is 0 Å². The molecular weight excluding hydrogens is 498 g/mol. The number of thiophene rings is 2. The summed E-state index contributed by atoms with van der Waals surface area (Å²) in [6.45, 7) is 3.85. The van der Waals surface area contributed by atoms with Crippen LogP contribution >= 0.6 is 34.3 Å². The van der Waals surface area contributed by atoms with Crippen molar-refractivity contribution in [2.24, 2.45) is 5.92 Å². The zero-order valence-electron chi connectivity index (χ0n) is 17.6. The van der Waals surface area contributed by atoms with Gasteiger partial charge < -0.3 is 10.1 Å². The van der Waals surface area contributed by atoms with Gasteiger partial charge >= 0.3 is 6.09 Å². The minimum atomic E-state index is -3.75. The van der Waals surface area contributed by atoms with Gasteiger partial charge in [0.25, 0.3) is 15.9 Å². The van der Waals surface area contributed by atoms with Crippen molar-refractivity contribution in [1.29, 1.82) is 0 Å². The third kappa shape index (κ3) is 5.15. The Kier molecular flexibility index (Phi) is 7.61. The lowest BCUT2D eigenvalue weighted by Gasteiger charge is -2.30. The van der Waals surface area contributed by atoms with Crippen LogP contribution in [0.3, 0.4) is 0 Å². The molecule has 3 amide bonds. The number of anilines is 1. The minimum Gasteiger partial charge on any atom is -0.453 e. The summed E-state index contributed by atoms with van der Waals surface area (Å²) >= 11 is 8.07. The van der Waals surface area contributed by atoms with Crippen LogP contribution in [0.2, 0.25) is 4.34 Å². The molecule has 1 saturated heterocycles. The number of alkyl carbamates (subject to hydrolysis) is 1. The number of piperidine rings is 1. The molecule has 2 aromatic heterocycles. The first-order valence-corrected chi connectivity index (χ1v) is 13.0. The number of hydrogen-bond donors (Lipinski definition) is 2. The van der Waals surface area contributed by atoms with Crippen molar-refractivity contribution in [1.82, 2.24) is 9.62 Å². The van der Waals surface area contributed by atoms with E-state index >= 15 is 0 Å². The summed E-state index contributed by atoms with van der Waals surface area (Å²) < 4.78 is 32.1. The molecule has 2 N–H and O–H groups in total. The number of sulfonamides is 1.